The van der Waals surface area contributed by atoms with Crippen LogP contribution in [0.4, 0.5) is 0 Å². The van der Waals surface area contributed by atoms with Gasteiger partial charge in [0.2, 0.25) is 0 Å². The Morgan fingerprint density at radius 3 is 2.11 bits per heavy atom. The van der Waals surface area contributed by atoms with Gasteiger partial charge in [0, 0.05) is 12.0 Å². The molecule has 0 bridgehead atoms. The van der Waals surface area contributed by atoms with Gasteiger partial charge in [-0.2, -0.15) is 0 Å². The molecule has 0 aromatic heterocycles. The fraction of sp³-hybridized carbons (Fsp3) is 0.485. The second kappa shape index (κ2) is 14.7. The number of Topliss-reactive ketones (excluding diaryl/α,β-unsaturated/α-hetero) is 1. The quantitative estimate of drug-likeness (QED) is 0.153. The van der Waals surface area contributed by atoms with E-state index in [9.17, 15) is 4.79 Å². The number of hydrogen-bond acceptors (Lipinski definition) is 2. The van der Waals surface area contributed by atoms with Gasteiger partial charge in [0.15, 0.2) is 5.78 Å². The highest BCUT2D eigenvalue weighted by molar-refractivity contribution is 5.96. The zero-order chi connectivity index (χ0) is 24.9. The number of rotatable bonds is 16. The van der Waals surface area contributed by atoms with Gasteiger partial charge in [0.25, 0.3) is 0 Å². The Hall–Kier alpha value is -2.61. The number of unbranched alkanes of at least 4 members (excludes halogenated alkanes) is 6. The number of carbonyl (C=O) groups is 1. The third-order valence-corrected chi connectivity index (χ3v) is 7.10. The zero-order valence-electron chi connectivity index (χ0n) is 22.2. The molecule has 3 aromatic rings. The molecule has 3 rings (SSSR count). The van der Waals surface area contributed by atoms with Crippen molar-refractivity contribution >= 4 is 16.6 Å². The highest BCUT2D eigenvalue weighted by Crippen LogP contribution is 2.23. The van der Waals surface area contributed by atoms with Crippen molar-refractivity contribution in [2.45, 2.75) is 91.4 Å². The lowest BCUT2D eigenvalue weighted by molar-refractivity contribution is 0.0963. The van der Waals surface area contributed by atoms with Crippen molar-refractivity contribution in [2.24, 2.45) is 5.92 Å². The molecule has 2 nitrogen and oxygen atoms in total. The third-order valence-electron chi connectivity index (χ3n) is 7.10. The van der Waals surface area contributed by atoms with Crippen molar-refractivity contribution in [3.8, 4) is 5.75 Å². The van der Waals surface area contributed by atoms with Gasteiger partial charge >= 0.3 is 0 Å². The van der Waals surface area contributed by atoms with E-state index in [2.05, 4.69) is 69.3 Å². The van der Waals surface area contributed by atoms with E-state index < -0.39 is 0 Å². The van der Waals surface area contributed by atoms with Crippen LogP contribution in [0.15, 0.2) is 60.7 Å². The number of benzene rings is 3. The number of ether oxygens (including phenoxy) is 1. The summed E-state index contributed by atoms with van der Waals surface area (Å²) in [6.07, 6.45) is 12.8. The Morgan fingerprint density at radius 2 is 1.37 bits per heavy atom. The van der Waals surface area contributed by atoms with Crippen molar-refractivity contribution in [3.05, 3.63) is 77.4 Å². The molecule has 0 saturated carbocycles. The van der Waals surface area contributed by atoms with Gasteiger partial charge < -0.3 is 4.74 Å². The predicted octanol–water partition coefficient (Wildman–Crippen LogP) is 9.37. The Balaban J connectivity index is 1.45. The molecule has 188 valence electrons. The van der Waals surface area contributed by atoms with E-state index in [1.165, 1.54) is 60.4 Å². The summed E-state index contributed by atoms with van der Waals surface area (Å²) >= 11 is 0. The summed E-state index contributed by atoms with van der Waals surface area (Å²) in [6.45, 7) is 7.34. The van der Waals surface area contributed by atoms with E-state index in [1.807, 2.05) is 12.1 Å². The average Bonchev–Trinajstić information content (AvgIpc) is 2.89. The molecule has 2 heteroatoms. The first-order chi connectivity index (χ1) is 17.1. The lowest BCUT2D eigenvalue weighted by Gasteiger charge is -2.09. The fourth-order valence-corrected chi connectivity index (χ4v) is 4.49. The minimum atomic E-state index is 0.256. The standard InChI is InChI=1S/C33H44O2/c1-4-6-7-8-9-10-11-22-35-32-21-20-30-24-28(16-19-31(30)25-32)13-12-27-14-17-29(18-15-27)33(34)23-26(3)5-2/h14-21,24-26H,4-13,22-23H2,1-3H3/t26-/m1/s1. The summed E-state index contributed by atoms with van der Waals surface area (Å²) in [5, 5.41) is 2.49. The first kappa shape index (κ1) is 27.0. The number of fused-ring (bicyclic) bond motifs is 1. The van der Waals surface area contributed by atoms with Gasteiger partial charge in [-0.05, 0) is 59.2 Å². The van der Waals surface area contributed by atoms with E-state index in [0.717, 1.165) is 43.6 Å². The van der Waals surface area contributed by atoms with Crippen molar-refractivity contribution < 1.29 is 9.53 Å². The number of aryl methyl sites for hydroxylation is 2. The smallest absolute Gasteiger partial charge is 0.163 e. The molecule has 0 heterocycles. The van der Waals surface area contributed by atoms with Gasteiger partial charge in [-0.1, -0.05) is 114 Å². The van der Waals surface area contributed by atoms with E-state index in [4.69, 9.17) is 4.74 Å². The Labute approximate surface area is 213 Å². The van der Waals surface area contributed by atoms with Gasteiger partial charge in [0.05, 0.1) is 6.61 Å². The molecule has 0 saturated heterocycles. The summed E-state index contributed by atoms with van der Waals surface area (Å²) in [5.41, 5.74) is 3.45. The van der Waals surface area contributed by atoms with Crippen LogP contribution in [-0.4, -0.2) is 12.4 Å². The molecule has 0 spiro atoms. The van der Waals surface area contributed by atoms with Crippen LogP contribution in [0.3, 0.4) is 0 Å². The van der Waals surface area contributed by atoms with Crippen molar-refractivity contribution in [3.63, 3.8) is 0 Å². The van der Waals surface area contributed by atoms with Crippen LogP contribution >= 0.6 is 0 Å². The molecule has 0 fully saturated rings. The molecule has 1 atom stereocenters. The third kappa shape index (κ3) is 9.17. The van der Waals surface area contributed by atoms with Gasteiger partial charge in [-0.25, -0.2) is 0 Å². The first-order valence-corrected chi connectivity index (χ1v) is 13.9. The van der Waals surface area contributed by atoms with Crippen LogP contribution in [0.5, 0.6) is 5.75 Å². The van der Waals surface area contributed by atoms with Crippen LogP contribution < -0.4 is 4.74 Å². The van der Waals surface area contributed by atoms with Gasteiger partial charge in [-0.15, -0.1) is 0 Å². The van der Waals surface area contributed by atoms with Gasteiger partial charge in [0.1, 0.15) is 5.75 Å². The molecule has 0 N–H and O–H groups in total. The maximum absolute atomic E-state index is 12.4. The number of hydrogen-bond donors (Lipinski definition) is 0. The zero-order valence-corrected chi connectivity index (χ0v) is 22.2. The highest BCUT2D eigenvalue weighted by Gasteiger charge is 2.10. The van der Waals surface area contributed by atoms with Crippen LogP contribution in [0.25, 0.3) is 10.8 Å². The second-order valence-electron chi connectivity index (χ2n) is 10.2. The van der Waals surface area contributed by atoms with Crippen molar-refractivity contribution in [1.82, 2.24) is 0 Å². The van der Waals surface area contributed by atoms with E-state index in [-0.39, 0.29) is 5.78 Å². The second-order valence-corrected chi connectivity index (χ2v) is 10.2. The number of ketones is 1. The van der Waals surface area contributed by atoms with Crippen molar-refractivity contribution in [1.29, 1.82) is 0 Å². The summed E-state index contributed by atoms with van der Waals surface area (Å²) in [4.78, 5) is 12.4. The largest absolute Gasteiger partial charge is 0.494 e. The molecular formula is C33H44O2. The molecule has 0 aliphatic carbocycles. The van der Waals surface area contributed by atoms with Crippen LogP contribution in [0.1, 0.15) is 100 Å². The maximum Gasteiger partial charge on any atom is 0.163 e. The normalized spacial score (nSPS) is 12.1. The minimum Gasteiger partial charge on any atom is -0.494 e. The maximum atomic E-state index is 12.4. The summed E-state index contributed by atoms with van der Waals surface area (Å²) in [5.74, 6) is 1.67. The Bertz CT molecular complexity index is 1030. The molecule has 0 aliphatic heterocycles. The summed E-state index contributed by atoms with van der Waals surface area (Å²) < 4.78 is 6.01. The lowest BCUT2D eigenvalue weighted by Crippen LogP contribution is -2.05. The summed E-state index contributed by atoms with van der Waals surface area (Å²) in [6, 6.07) is 21.4. The highest BCUT2D eigenvalue weighted by atomic mass is 16.5. The van der Waals surface area contributed by atoms with Crippen LogP contribution in [0.2, 0.25) is 0 Å². The molecular weight excluding hydrogens is 428 g/mol. The Morgan fingerprint density at radius 1 is 0.743 bits per heavy atom. The topological polar surface area (TPSA) is 26.3 Å². The molecule has 35 heavy (non-hydrogen) atoms. The van der Waals surface area contributed by atoms with E-state index in [0.29, 0.717) is 12.3 Å². The fourth-order valence-electron chi connectivity index (χ4n) is 4.49. The number of carbonyl (C=O) groups excluding carboxylic acids is 1. The van der Waals surface area contributed by atoms with Crippen LogP contribution in [-0.2, 0) is 12.8 Å². The van der Waals surface area contributed by atoms with E-state index >= 15 is 0 Å². The summed E-state index contributed by atoms with van der Waals surface area (Å²) in [7, 11) is 0. The molecule has 0 radical (unpaired) electrons. The monoisotopic (exact) mass is 472 g/mol. The SMILES string of the molecule is CCCCCCCCCOc1ccc2cc(CCc3ccc(C(=O)C[C@H](C)CC)cc3)ccc2c1. The van der Waals surface area contributed by atoms with Gasteiger partial charge in [-0.3, -0.25) is 4.79 Å². The molecule has 0 aliphatic rings. The van der Waals surface area contributed by atoms with Crippen LogP contribution in [0, 0.1) is 5.92 Å². The molecule has 0 amide bonds. The average molecular weight is 473 g/mol. The minimum absolute atomic E-state index is 0.256. The molecule has 0 unspecified atom stereocenters. The lowest BCUT2D eigenvalue weighted by atomic mass is 9.96. The van der Waals surface area contributed by atoms with Crippen molar-refractivity contribution in [2.75, 3.05) is 6.61 Å². The first-order valence-electron chi connectivity index (χ1n) is 13.9. The predicted molar refractivity (Wildman–Crippen MR) is 150 cm³/mol. The van der Waals surface area contributed by atoms with E-state index in [1.54, 1.807) is 0 Å². The molecule has 3 aromatic carbocycles. The Kier molecular flexibility index (Phi) is 11.3.